The monoisotopic (exact) mass is 303 g/mol. The van der Waals surface area contributed by atoms with Gasteiger partial charge in [0.25, 0.3) is 5.91 Å². The maximum atomic E-state index is 12.2. The number of fused-ring (bicyclic) bond motifs is 1. The Morgan fingerprint density at radius 3 is 3.14 bits per heavy atom. The summed E-state index contributed by atoms with van der Waals surface area (Å²) < 4.78 is 9.35. The number of nitrogens with zero attached hydrogens (tertiary/aromatic N) is 4. The molecule has 7 nitrogen and oxygen atoms in total. The number of ether oxygens (including phenoxy) is 1. The topological polar surface area (TPSA) is 74.0 Å². The molecular formula is C15H21N5O2. The average molecular weight is 303 g/mol. The van der Waals surface area contributed by atoms with Crippen molar-refractivity contribution < 1.29 is 9.53 Å². The summed E-state index contributed by atoms with van der Waals surface area (Å²) in [5.41, 5.74) is 1.28. The fraction of sp³-hybridized carbons (Fsp3) is 0.533. The molecule has 3 heterocycles. The molecule has 1 aliphatic heterocycles. The third-order valence-electron chi connectivity index (χ3n) is 3.87. The Kier molecular flexibility index (Phi) is 4.13. The van der Waals surface area contributed by atoms with E-state index in [1.54, 1.807) is 4.68 Å². The predicted octanol–water partition coefficient (Wildman–Crippen LogP) is 1.16. The summed E-state index contributed by atoms with van der Waals surface area (Å²) in [5.74, 6) is 1.66. The molecule has 1 aliphatic rings. The Morgan fingerprint density at radius 2 is 2.36 bits per heavy atom. The molecule has 1 N–H and O–H groups in total. The summed E-state index contributed by atoms with van der Waals surface area (Å²) in [7, 11) is 0. The van der Waals surface area contributed by atoms with Crippen molar-refractivity contribution in [1.82, 2.24) is 24.6 Å². The molecule has 0 saturated carbocycles. The first-order chi connectivity index (χ1) is 10.7. The summed E-state index contributed by atoms with van der Waals surface area (Å²) in [4.78, 5) is 16.5. The van der Waals surface area contributed by atoms with Gasteiger partial charge in [-0.25, -0.2) is 9.67 Å². The molecular weight excluding hydrogens is 282 g/mol. The predicted molar refractivity (Wildman–Crippen MR) is 81.0 cm³/mol. The van der Waals surface area contributed by atoms with Crippen LogP contribution in [0.25, 0.3) is 0 Å². The number of aryl methyl sites for hydroxylation is 2. The Hall–Kier alpha value is -2.31. The van der Waals surface area contributed by atoms with Gasteiger partial charge in [-0.2, -0.15) is 5.10 Å². The lowest BCUT2D eigenvalue weighted by Gasteiger charge is -2.07. The number of carbonyl (C=O) groups is 1. The number of hydrogen-bond acceptors (Lipinski definition) is 4. The molecule has 7 heteroatoms. The summed E-state index contributed by atoms with van der Waals surface area (Å²) >= 11 is 0. The fourth-order valence-electron chi connectivity index (χ4n) is 2.71. The number of amides is 1. The van der Waals surface area contributed by atoms with Crippen LogP contribution < -0.4 is 10.1 Å². The molecule has 0 unspecified atom stereocenters. The van der Waals surface area contributed by atoms with Crippen LogP contribution in [0.1, 0.15) is 35.2 Å². The van der Waals surface area contributed by atoms with E-state index in [1.165, 1.54) is 0 Å². The second-order valence-corrected chi connectivity index (χ2v) is 5.35. The quantitative estimate of drug-likeness (QED) is 0.813. The summed E-state index contributed by atoms with van der Waals surface area (Å²) in [6, 6.07) is 0. The highest BCUT2D eigenvalue weighted by Gasteiger charge is 2.24. The summed E-state index contributed by atoms with van der Waals surface area (Å²) in [5, 5.41) is 7.24. The van der Waals surface area contributed by atoms with Crippen molar-refractivity contribution in [3.05, 3.63) is 29.5 Å². The lowest BCUT2D eigenvalue weighted by molar-refractivity contribution is 0.0946. The van der Waals surface area contributed by atoms with Crippen LogP contribution in [0.3, 0.4) is 0 Å². The number of imidazole rings is 1. The molecule has 1 amide bonds. The van der Waals surface area contributed by atoms with Gasteiger partial charge < -0.3 is 14.6 Å². The molecule has 0 radical (unpaired) electrons. The van der Waals surface area contributed by atoms with Gasteiger partial charge in [0.1, 0.15) is 12.4 Å². The zero-order chi connectivity index (χ0) is 15.5. The molecule has 22 heavy (non-hydrogen) atoms. The van der Waals surface area contributed by atoms with Crippen LogP contribution in [0.2, 0.25) is 0 Å². The van der Waals surface area contributed by atoms with Crippen molar-refractivity contribution in [2.75, 3.05) is 13.2 Å². The Bertz CT molecular complexity index is 674. The highest BCUT2D eigenvalue weighted by atomic mass is 16.5. The van der Waals surface area contributed by atoms with Gasteiger partial charge in [-0.1, -0.05) is 6.92 Å². The van der Waals surface area contributed by atoms with E-state index in [9.17, 15) is 4.79 Å². The molecule has 0 bridgehead atoms. The Morgan fingerprint density at radius 1 is 1.50 bits per heavy atom. The van der Waals surface area contributed by atoms with E-state index in [0.29, 0.717) is 25.4 Å². The second kappa shape index (κ2) is 6.21. The normalized spacial score (nSPS) is 13.0. The summed E-state index contributed by atoms with van der Waals surface area (Å²) in [6.07, 6.45) is 5.56. The number of carbonyl (C=O) groups excluding carboxylic acids is 1. The van der Waals surface area contributed by atoms with E-state index >= 15 is 0 Å². The Balaban J connectivity index is 1.51. The minimum atomic E-state index is -0.135. The maximum Gasteiger partial charge on any atom is 0.272 e. The number of rotatable bonds is 6. The highest BCUT2D eigenvalue weighted by Crippen LogP contribution is 2.25. The molecule has 0 aliphatic carbocycles. The van der Waals surface area contributed by atoms with Gasteiger partial charge in [-0.05, 0) is 13.3 Å². The molecule has 0 aromatic carbocycles. The first-order valence-corrected chi connectivity index (χ1v) is 7.69. The van der Waals surface area contributed by atoms with Crippen molar-refractivity contribution >= 4 is 5.91 Å². The van der Waals surface area contributed by atoms with Crippen molar-refractivity contribution in [1.29, 1.82) is 0 Å². The zero-order valence-electron chi connectivity index (χ0n) is 13.0. The van der Waals surface area contributed by atoms with Gasteiger partial charge in [0.15, 0.2) is 5.69 Å². The van der Waals surface area contributed by atoms with Gasteiger partial charge in [-0.15, -0.1) is 0 Å². The van der Waals surface area contributed by atoms with Crippen LogP contribution in [0.5, 0.6) is 5.88 Å². The van der Waals surface area contributed by atoms with Gasteiger partial charge in [0, 0.05) is 37.5 Å². The van der Waals surface area contributed by atoms with Crippen molar-refractivity contribution in [3.63, 3.8) is 0 Å². The summed E-state index contributed by atoms with van der Waals surface area (Å²) in [6.45, 7) is 6.77. The third kappa shape index (κ3) is 2.70. The first-order valence-electron chi connectivity index (χ1n) is 7.69. The van der Waals surface area contributed by atoms with Crippen LogP contribution >= 0.6 is 0 Å². The van der Waals surface area contributed by atoms with E-state index in [-0.39, 0.29) is 5.91 Å². The SMILES string of the molecule is CCc1nccn1CCCNC(=O)c1nn2c(c1C)OCC2. The van der Waals surface area contributed by atoms with E-state index in [2.05, 4.69) is 26.9 Å². The Labute approximate surface area is 129 Å². The molecule has 2 aromatic heterocycles. The van der Waals surface area contributed by atoms with Crippen molar-refractivity contribution in [2.24, 2.45) is 0 Å². The standard InChI is InChI=1S/C15H21N5O2/c1-3-12-16-6-8-19(12)7-4-5-17-14(21)13-11(2)15-20(18-13)9-10-22-15/h6,8H,3-5,7,9-10H2,1-2H3,(H,17,21). The zero-order valence-corrected chi connectivity index (χ0v) is 13.0. The molecule has 0 fully saturated rings. The lowest BCUT2D eigenvalue weighted by atomic mass is 10.2. The largest absolute Gasteiger partial charge is 0.476 e. The first kappa shape index (κ1) is 14.6. The molecule has 2 aromatic rings. The fourth-order valence-corrected chi connectivity index (χ4v) is 2.71. The lowest BCUT2D eigenvalue weighted by Crippen LogP contribution is -2.26. The smallest absolute Gasteiger partial charge is 0.272 e. The minimum absolute atomic E-state index is 0.135. The average Bonchev–Trinajstić information content (AvgIpc) is 3.21. The number of aromatic nitrogens is 4. The van der Waals surface area contributed by atoms with Gasteiger partial charge in [0.05, 0.1) is 6.54 Å². The third-order valence-corrected chi connectivity index (χ3v) is 3.87. The number of hydrogen-bond donors (Lipinski definition) is 1. The molecule has 3 rings (SSSR count). The number of nitrogens with one attached hydrogen (secondary N) is 1. The molecule has 0 atom stereocenters. The van der Waals surface area contributed by atoms with Crippen LogP contribution in [0, 0.1) is 6.92 Å². The van der Waals surface area contributed by atoms with Gasteiger partial charge in [0.2, 0.25) is 5.88 Å². The van der Waals surface area contributed by atoms with Crippen LogP contribution in [-0.2, 0) is 19.5 Å². The van der Waals surface area contributed by atoms with Crippen LogP contribution in [0.15, 0.2) is 12.4 Å². The highest BCUT2D eigenvalue weighted by molar-refractivity contribution is 5.94. The van der Waals surface area contributed by atoms with Crippen molar-refractivity contribution in [3.8, 4) is 5.88 Å². The van der Waals surface area contributed by atoms with Gasteiger partial charge in [-0.3, -0.25) is 4.79 Å². The van der Waals surface area contributed by atoms with Crippen molar-refractivity contribution in [2.45, 2.75) is 39.8 Å². The molecule has 0 saturated heterocycles. The maximum absolute atomic E-state index is 12.2. The second-order valence-electron chi connectivity index (χ2n) is 5.35. The van der Waals surface area contributed by atoms with E-state index < -0.39 is 0 Å². The van der Waals surface area contributed by atoms with E-state index in [1.807, 2.05) is 19.3 Å². The minimum Gasteiger partial charge on any atom is -0.476 e. The van der Waals surface area contributed by atoms with Crippen LogP contribution in [-0.4, -0.2) is 38.4 Å². The van der Waals surface area contributed by atoms with E-state index in [4.69, 9.17) is 4.74 Å². The van der Waals surface area contributed by atoms with Crippen LogP contribution in [0.4, 0.5) is 0 Å². The molecule has 118 valence electrons. The molecule has 0 spiro atoms. The van der Waals surface area contributed by atoms with E-state index in [0.717, 1.165) is 36.7 Å². The van der Waals surface area contributed by atoms with Gasteiger partial charge >= 0.3 is 0 Å².